The van der Waals surface area contributed by atoms with Gasteiger partial charge >= 0.3 is 6.18 Å². The molecule has 0 bridgehead atoms. The fourth-order valence-corrected chi connectivity index (χ4v) is 4.03. The minimum Gasteiger partial charge on any atom is -0.489 e. The Morgan fingerprint density at radius 2 is 2.09 bits per heavy atom. The molecule has 1 aliphatic heterocycles. The van der Waals surface area contributed by atoms with Crippen LogP contribution in [0, 0.1) is 0 Å². The molecule has 0 saturated carbocycles. The number of aldehydes is 1. The predicted molar refractivity (Wildman–Crippen MR) is 114 cm³/mol. The summed E-state index contributed by atoms with van der Waals surface area (Å²) < 4.78 is 45.1. The highest BCUT2D eigenvalue weighted by Gasteiger charge is 2.31. The first-order valence-electron chi connectivity index (χ1n) is 10.6. The fraction of sp³-hybridized carbons (Fsp3) is 0.333. The maximum Gasteiger partial charge on any atom is 0.416 e. The van der Waals surface area contributed by atoms with Gasteiger partial charge in [-0.2, -0.15) is 18.3 Å². The van der Waals surface area contributed by atoms with Crippen LogP contribution in [0.15, 0.2) is 48.7 Å². The summed E-state index contributed by atoms with van der Waals surface area (Å²) in [5.74, 6) is 0.641. The second-order valence-corrected chi connectivity index (χ2v) is 7.90. The van der Waals surface area contributed by atoms with Crippen molar-refractivity contribution in [1.29, 1.82) is 0 Å². The highest BCUT2D eigenvalue weighted by molar-refractivity contribution is 5.65. The molecule has 32 heavy (non-hydrogen) atoms. The van der Waals surface area contributed by atoms with Crippen molar-refractivity contribution in [2.24, 2.45) is 0 Å². The molecule has 3 aromatic rings. The van der Waals surface area contributed by atoms with Crippen molar-refractivity contribution >= 4 is 6.29 Å². The lowest BCUT2D eigenvalue weighted by molar-refractivity contribution is -0.137. The third-order valence-electron chi connectivity index (χ3n) is 5.72. The zero-order valence-electron chi connectivity index (χ0n) is 17.7. The number of hydrogen-bond donors (Lipinski definition) is 1. The number of ether oxygens (including phenoxy) is 1. The summed E-state index contributed by atoms with van der Waals surface area (Å²) in [7, 11) is 0. The van der Waals surface area contributed by atoms with Crippen LogP contribution in [0.25, 0.3) is 11.3 Å². The monoisotopic (exact) mass is 443 g/mol. The van der Waals surface area contributed by atoms with Crippen LogP contribution in [0.1, 0.15) is 48.1 Å². The van der Waals surface area contributed by atoms with E-state index in [9.17, 15) is 18.0 Å². The SMILES string of the molecule is CCCCN1Cc2cc(OCc3cn[nH]c3-c3cccc(C(F)(F)F)c3)ccc2C1C=O. The average Bonchev–Trinajstić information content (AvgIpc) is 3.39. The van der Waals surface area contributed by atoms with E-state index in [0.29, 0.717) is 29.1 Å². The van der Waals surface area contributed by atoms with E-state index in [1.807, 2.05) is 18.2 Å². The number of hydrogen-bond acceptors (Lipinski definition) is 4. The van der Waals surface area contributed by atoms with Crippen molar-refractivity contribution in [3.05, 3.63) is 70.9 Å². The number of nitrogens with zero attached hydrogens (tertiary/aromatic N) is 2. The number of H-pyrrole nitrogens is 1. The van der Waals surface area contributed by atoms with Crippen LogP contribution in [-0.2, 0) is 24.1 Å². The molecule has 1 unspecified atom stereocenters. The highest BCUT2D eigenvalue weighted by atomic mass is 19.4. The summed E-state index contributed by atoms with van der Waals surface area (Å²) in [6.45, 7) is 3.82. The number of halogens is 3. The summed E-state index contributed by atoms with van der Waals surface area (Å²) >= 11 is 0. The number of alkyl halides is 3. The van der Waals surface area contributed by atoms with Crippen LogP contribution in [0.2, 0.25) is 0 Å². The van der Waals surface area contributed by atoms with E-state index in [4.69, 9.17) is 4.74 Å². The maximum absolute atomic E-state index is 13.1. The summed E-state index contributed by atoms with van der Waals surface area (Å²) in [5, 5.41) is 6.76. The van der Waals surface area contributed by atoms with Gasteiger partial charge in [0.05, 0.1) is 23.5 Å². The lowest BCUT2D eigenvalue weighted by Gasteiger charge is -2.19. The number of nitrogens with one attached hydrogen (secondary N) is 1. The number of aromatic amines is 1. The molecule has 0 spiro atoms. The minimum atomic E-state index is -4.42. The van der Waals surface area contributed by atoms with E-state index in [1.54, 1.807) is 12.3 Å². The largest absolute Gasteiger partial charge is 0.489 e. The zero-order valence-corrected chi connectivity index (χ0v) is 17.7. The van der Waals surface area contributed by atoms with Crippen LogP contribution in [0.3, 0.4) is 0 Å². The maximum atomic E-state index is 13.1. The molecule has 0 saturated heterocycles. The topological polar surface area (TPSA) is 58.2 Å². The Balaban J connectivity index is 1.49. The molecule has 1 atom stereocenters. The van der Waals surface area contributed by atoms with Crippen molar-refractivity contribution in [3.8, 4) is 17.0 Å². The molecule has 2 aromatic carbocycles. The van der Waals surface area contributed by atoms with Crippen LogP contribution in [0.4, 0.5) is 13.2 Å². The van der Waals surface area contributed by atoms with E-state index in [1.165, 1.54) is 6.07 Å². The molecule has 168 valence electrons. The number of carbonyl (C=O) groups is 1. The van der Waals surface area contributed by atoms with Gasteiger partial charge in [-0.25, -0.2) is 0 Å². The van der Waals surface area contributed by atoms with Gasteiger partial charge in [0.15, 0.2) is 0 Å². The van der Waals surface area contributed by atoms with E-state index in [-0.39, 0.29) is 12.6 Å². The van der Waals surface area contributed by atoms with Gasteiger partial charge in [-0.1, -0.05) is 31.5 Å². The molecule has 1 aromatic heterocycles. The van der Waals surface area contributed by atoms with Crippen LogP contribution in [0.5, 0.6) is 5.75 Å². The molecule has 0 radical (unpaired) electrons. The Hall–Kier alpha value is -3.13. The van der Waals surface area contributed by atoms with Gasteiger partial charge in [0.2, 0.25) is 0 Å². The second-order valence-electron chi connectivity index (χ2n) is 7.90. The summed E-state index contributed by atoms with van der Waals surface area (Å²) in [6, 6.07) is 10.5. The number of aromatic nitrogens is 2. The number of benzene rings is 2. The molecule has 4 rings (SSSR count). The van der Waals surface area contributed by atoms with Gasteiger partial charge in [-0.3, -0.25) is 10.00 Å². The summed E-state index contributed by atoms with van der Waals surface area (Å²) in [6.07, 6.45) is 0.209. The minimum absolute atomic E-state index is 0.150. The highest BCUT2D eigenvalue weighted by Crippen LogP contribution is 2.35. The van der Waals surface area contributed by atoms with Crippen molar-refractivity contribution < 1.29 is 22.7 Å². The lowest BCUT2D eigenvalue weighted by Crippen LogP contribution is -2.24. The first kappa shape index (κ1) is 22.1. The zero-order chi connectivity index (χ0) is 22.7. The predicted octanol–water partition coefficient (Wildman–Crippen LogP) is 5.53. The van der Waals surface area contributed by atoms with E-state index in [2.05, 4.69) is 22.0 Å². The van der Waals surface area contributed by atoms with Crippen molar-refractivity contribution in [3.63, 3.8) is 0 Å². The van der Waals surface area contributed by atoms with Crippen molar-refractivity contribution in [2.45, 2.75) is 45.1 Å². The quantitative estimate of drug-likeness (QED) is 0.465. The third-order valence-corrected chi connectivity index (χ3v) is 5.72. The Bertz CT molecular complexity index is 1090. The Morgan fingerprint density at radius 1 is 1.25 bits per heavy atom. The molecule has 2 heterocycles. The fourth-order valence-electron chi connectivity index (χ4n) is 4.03. The van der Waals surface area contributed by atoms with Gasteiger partial charge in [-0.15, -0.1) is 0 Å². The Labute approximate surface area is 184 Å². The number of rotatable bonds is 8. The second kappa shape index (κ2) is 9.16. The van der Waals surface area contributed by atoms with Gasteiger partial charge in [0, 0.05) is 17.7 Å². The average molecular weight is 443 g/mol. The number of carbonyl (C=O) groups excluding carboxylic acids is 1. The molecule has 5 nitrogen and oxygen atoms in total. The van der Waals surface area contributed by atoms with Gasteiger partial charge in [0.1, 0.15) is 18.6 Å². The molecule has 1 N–H and O–H groups in total. The summed E-state index contributed by atoms with van der Waals surface area (Å²) in [4.78, 5) is 13.8. The molecule has 0 fully saturated rings. The van der Waals surface area contributed by atoms with E-state index >= 15 is 0 Å². The molecular weight excluding hydrogens is 419 g/mol. The molecule has 1 aliphatic rings. The van der Waals surface area contributed by atoms with Crippen molar-refractivity contribution in [2.75, 3.05) is 6.54 Å². The van der Waals surface area contributed by atoms with Crippen molar-refractivity contribution in [1.82, 2.24) is 15.1 Å². The van der Waals surface area contributed by atoms with Gasteiger partial charge in [-0.05, 0) is 48.4 Å². The van der Waals surface area contributed by atoms with Crippen LogP contribution < -0.4 is 4.74 Å². The van der Waals surface area contributed by atoms with Crippen LogP contribution >= 0.6 is 0 Å². The van der Waals surface area contributed by atoms with E-state index in [0.717, 1.165) is 48.9 Å². The molecular formula is C24H24F3N3O2. The Morgan fingerprint density at radius 3 is 2.84 bits per heavy atom. The molecule has 0 amide bonds. The number of fused-ring (bicyclic) bond motifs is 1. The standard InChI is InChI=1S/C24H24F3N3O2/c1-2-3-9-30-13-17-11-20(7-8-21(17)22(30)14-31)32-15-18-12-28-29-23(18)16-5-4-6-19(10-16)24(25,26)27/h4-8,10-12,14,22H,2-3,9,13,15H2,1H3,(H,28,29). The van der Waals surface area contributed by atoms with Gasteiger partial charge in [0.25, 0.3) is 0 Å². The smallest absolute Gasteiger partial charge is 0.416 e. The van der Waals surface area contributed by atoms with Gasteiger partial charge < -0.3 is 9.53 Å². The normalized spacial score (nSPS) is 16.2. The first-order valence-corrected chi connectivity index (χ1v) is 10.6. The molecule has 8 heteroatoms. The first-order chi connectivity index (χ1) is 15.4. The van der Waals surface area contributed by atoms with E-state index < -0.39 is 11.7 Å². The number of unbranched alkanes of at least 4 members (excludes halogenated alkanes) is 1. The lowest BCUT2D eigenvalue weighted by atomic mass is 10.0. The van der Waals surface area contributed by atoms with Crippen LogP contribution in [-0.4, -0.2) is 27.9 Å². The molecule has 0 aliphatic carbocycles. The Kier molecular flexibility index (Phi) is 6.32. The summed E-state index contributed by atoms with van der Waals surface area (Å²) in [5.41, 5.74) is 2.87. The third kappa shape index (κ3) is 4.55.